The van der Waals surface area contributed by atoms with Crippen molar-refractivity contribution in [1.82, 2.24) is 0 Å². The van der Waals surface area contributed by atoms with Gasteiger partial charge in [-0.2, -0.15) is 0 Å². The standard InChI is InChI=1S/C19H26BO3/c1-3-18-12-17(2,22)19(20-8-9-23-19)11-14(18)5-4-13-10-15(21)6-7-16(13)18/h6-7,10,14,21-22H,3-5,8-9,11-12H2,1-2H3/t14-,17-,18-,19?/m1/s1. The molecule has 1 saturated carbocycles. The molecule has 1 aliphatic heterocycles. The molecule has 4 atom stereocenters. The summed E-state index contributed by atoms with van der Waals surface area (Å²) in [5.41, 5.74) is 1.27. The Kier molecular flexibility index (Phi) is 3.38. The summed E-state index contributed by atoms with van der Waals surface area (Å²) in [6.07, 6.45) is 5.71. The predicted molar refractivity (Wildman–Crippen MR) is 91.0 cm³/mol. The molecule has 0 aromatic heterocycles. The summed E-state index contributed by atoms with van der Waals surface area (Å²) in [4.78, 5) is 0. The summed E-state index contributed by atoms with van der Waals surface area (Å²) in [7, 11) is 2.22. The van der Waals surface area contributed by atoms with Crippen molar-refractivity contribution in [3.8, 4) is 5.75 Å². The quantitative estimate of drug-likeness (QED) is 0.784. The van der Waals surface area contributed by atoms with E-state index in [-0.39, 0.29) is 5.41 Å². The van der Waals surface area contributed by atoms with E-state index in [0.29, 0.717) is 11.7 Å². The van der Waals surface area contributed by atoms with E-state index in [4.69, 9.17) is 4.74 Å². The summed E-state index contributed by atoms with van der Waals surface area (Å²) in [5, 5.41) is 21.2. The number of hydrogen-bond donors (Lipinski definition) is 2. The maximum atomic E-state index is 11.3. The Morgan fingerprint density at radius 1 is 1.39 bits per heavy atom. The van der Waals surface area contributed by atoms with Gasteiger partial charge in [-0.05, 0) is 68.2 Å². The molecule has 2 aliphatic carbocycles. The molecule has 0 bridgehead atoms. The molecule has 0 amide bonds. The van der Waals surface area contributed by atoms with E-state index in [2.05, 4.69) is 20.3 Å². The zero-order chi connectivity index (χ0) is 16.3. The molecule has 2 N–H and O–H groups in total. The minimum absolute atomic E-state index is 0.00414. The Labute approximate surface area is 139 Å². The highest BCUT2D eigenvalue weighted by molar-refractivity contribution is 6.41. The van der Waals surface area contributed by atoms with Crippen LogP contribution in [-0.2, 0) is 16.6 Å². The number of aryl methyl sites for hydroxylation is 1. The number of phenols is 1. The van der Waals surface area contributed by atoms with Gasteiger partial charge in [0.15, 0.2) is 7.28 Å². The van der Waals surface area contributed by atoms with E-state index < -0.39 is 11.1 Å². The average molecular weight is 313 g/mol. The number of fused-ring (bicyclic) bond motifs is 3. The Bertz CT molecular complexity index is 621. The second-order valence-electron chi connectivity index (χ2n) is 7.97. The third kappa shape index (κ3) is 2.04. The van der Waals surface area contributed by atoms with Crippen molar-refractivity contribution in [2.75, 3.05) is 6.61 Å². The lowest BCUT2D eigenvalue weighted by molar-refractivity contribution is -0.172. The molecule has 123 valence electrons. The first-order chi connectivity index (χ1) is 10.9. The van der Waals surface area contributed by atoms with Gasteiger partial charge >= 0.3 is 0 Å². The first kappa shape index (κ1) is 15.5. The van der Waals surface area contributed by atoms with Gasteiger partial charge in [0.05, 0.1) is 11.1 Å². The summed E-state index contributed by atoms with van der Waals surface area (Å²) in [5.74, 6) is 0.874. The molecule has 1 heterocycles. The Hall–Kier alpha value is -0.995. The van der Waals surface area contributed by atoms with Crippen LogP contribution in [0.2, 0.25) is 6.32 Å². The largest absolute Gasteiger partial charge is 0.508 e. The van der Waals surface area contributed by atoms with Crippen molar-refractivity contribution >= 4 is 7.28 Å². The Morgan fingerprint density at radius 3 is 2.91 bits per heavy atom. The Balaban J connectivity index is 1.81. The van der Waals surface area contributed by atoms with Gasteiger partial charge in [0, 0.05) is 12.0 Å². The molecule has 1 aromatic rings. The average Bonchev–Trinajstić information content (AvgIpc) is 2.98. The molecule has 1 saturated heterocycles. The van der Waals surface area contributed by atoms with Crippen LogP contribution in [0.5, 0.6) is 5.75 Å². The topological polar surface area (TPSA) is 49.7 Å². The fourth-order valence-corrected chi connectivity index (χ4v) is 5.70. The lowest BCUT2D eigenvalue weighted by Gasteiger charge is -2.59. The number of benzene rings is 1. The SMILES string of the molecule is CC[C@@]12C[C@@](C)(O)C3([B]CCO3)C[C@H]1CCc1cc(O)ccc12. The van der Waals surface area contributed by atoms with Crippen molar-refractivity contribution in [1.29, 1.82) is 0 Å². The van der Waals surface area contributed by atoms with Crippen LogP contribution in [0, 0.1) is 5.92 Å². The molecule has 1 aromatic carbocycles. The van der Waals surface area contributed by atoms with Crippen LogP contribution in [0.25, 0.3) is 0 Å². The number of ether oxygens (including phenoxy) is 1. The summed E-state index contributed by atoms with van der Waals surface area (Å²) < 4.78 is 6.10. The highest BCUT2D eigenvalue weighted by Crippen LogP contribution is 2.59. The van der Waals surface area contributed by atoms with E-state index in [1.807, 2.05) is 13.0 Å². The van der Waals surface area contributed by atoms with Gasteiger partial charge in [0.25, 0.3) is 0 Å². The highest BCUT2D eigenvalue weighted by Gasteiger charge is 2.62. The molecule has 23 heavy (non-hydrogen) atoms. The fourth-order valence-electron chi connectivity index (χ4n) is 5.70. The summed E-state index contributed by atoms with van der Waals surface area (Å²) in [6, 6.07) is 5.81. The first-order valence-corrected chi connectivity index (χ1v) is 8.96. The Morgan fingerprint density at radius 2 is 2.22 bits per heavy atom. The van der Waals surface area contributed by atoms with Crippen molar-refractivity contribution in [3.05, 3.63) is 29.3 Å². The maximum absolute atomic E-state index is 11.3. The van der Waals surface area contributed by atoms with E-state index >= 15 is 0 Å². The van der Waals surface area contributed by atoms with Crippen molar-refractivity contribution in [3.63, 3.8) is 0 Å². The maximum Gasteiger partial charge on any atom is 0.160 e. The number of rotatable bonds is 1. The van der Waals surface area contributed by atoms with Crippen LogP contribution >= 0.6 is 0 Å². The molecular formula is C19H26BO3. The molecule has 3 aliphatic rings. The van der Waals surface area contributed by atoms with Gasteiger partial charge in [-0.3, -0.25) is 0 Å². The van der Waals surface area contributed by atoms with Crippen LogP contribution in [0.15, 0.2) is 18.2 Å². The third-order valence-corrected chi connectivity index (χ3v) is 6.87. The van der Waals surface area contributed by atoms with Gasteiger partial charge in [0.1, 0.15) is 5.75 Å². The normalized spacial score (nSPS) is 42.1. The highest BCUT2D eigenvalue weighted by atomic mass is 16.5. The first-order valence-electron chi connectivity index (χ1n) is 8.96. The predicted octanol–water partition coefficient (Wildman–Crippen LogP) is 3.00. The molecule has 1 spiro atoms. The molecule has 4 heteroatoms. The minimum atomic E-state index is -0.845. The minimum Gasteiger partial charge on any atom is -0.508 e. The van der Waals surface area contributed by atoms with Crippen LogP contribution in [0.4, 0.5) is 0 Å². The van der Waals surface area contributed by atoms with Gasteiger partial charge < -0.3 is 14.9 Å². The van der Waals surface area contributed by atoms with Gasteiger partial charge in [-0.1, -0.05) is 19.3 Å². The van der Waals surface area contributed by atoms with Crippen molar-refractivity contribution < 1.29 is 14.9 Å². The number of phenolic OH excluding ortho intramolecular Hbond substituents is 1. The van der Waals surface area contributed by atoms with E-state index in [9.17, 15) is 10.2 Å². The van der Waals surface area contributed by atoms with Crippen LogP contribution in [0.1, 0.15) is 50.7 Å². The van der Waals surface area contributed by atoms with E-state index in [0.717, 1.165) is 45.0 Å². The zero-order valence-electron chi connectivity index (χ0n) is 14.1. The monoisotopic (exact) mass is 313 g/mol. The number of aromatic hydroxyl groups is 1. The van der Waals surface area contributed by atoms with Crippen molar-refractivity contribution in [2.24, 2.45) is 5.92 Å². The molecule has 4 rings (SSSR count). The van der Waals surface area contributed by atoms with Gasteiger partial charge in [0.2, 0.25) is 0 Å². The molecule has 2 fully saturated rings. The lowest BCUT2D eigenvalue weighted by atomic mass is 9.41. The molecular weight excluding hydrogens is 287 g/mol. The summed E-state index contributed by atoms with van der Waals surface area (Å²) in [6.45, 7) is 4.92. The third-order valence-electron chi connectivity index (χ3n) is 6.87. The molecule has 3 nitrogen and oxygen atoms in total. The zero-order valence-corrected chi connectivity index (χ0v) is 14.1. The van der Waals surface area contributed by atoms with Crippen molar-refractivity contribution in [2.45, 2.75) is 68.8 Å². The molecule has 1 unspecified atom stereocenters. The van der Waals surface area contributed by atoms with Crippen LogP contribution < -0.4 is 0 Å². The second kappa shape index (κ2) is 5.00. The van der Waals surface area contributed by atoms with Gasteiger partial charge in [-0.15, -0.1) is 0 Å². The van der Waals surface area contributed by atoms with Crippen LogP contribution in [0.3, 0.4) is 0 Å². The lowest BCUT2D eigenvalue weighted by Crippen LogP contribution is -2.65. The smallest absolute Gasteiger partial charge is 0.160 e. The summed E-state index contributed by atoms with van der Waals surface area (Å²) >= 11 is 0. The molecule has 1 radical (unpaired) electrons. The van der Waals surface area contributed by atoms with E-state index in [1.54, 1.807) is 6.07 Å². The van der Waals surface area contributed by atoms with Gasteiger partial charge in [-0.25, -0.2) is 0 Å². The van der Waals surface area contributed by atoms with E-state index in [1.165, 1.54) is 11.1 Å². The second-order valence-corrected chi connectivity index (χ2v) is 7.97. The fraction of sp³-hybridized carbons (Fsp3) is 0.684. The van der Waals surface area contributed by atoms with Crippen LogP contribution in [-0.4, -0.2) is 35.2 Å². The number of hydrogen-bond acceptors (Lipinski definition) is 3. The number of aliphatic hydroxyl groups is 1.